The number of hydrogen-bond donors (Lipinski definition) is 2. The van der Waals surface area contributed by atoms with Gasteiger partial charge < -0.3 is 10.2 Å². The quantitative estimate of drug-likeness (QED) is 0.0703. The van der Waals surface area contributed by atoms with E-state index in [4.69, 9.17) is 0 Å². The minimum absolute atomic E-state index is 0.700. The van der Waals surface area contributed by atoms with Crippen LogP contribution < -0.4 is 20.7 Å². The summed E-state index contributed by atoms with van der Waals surface area (Å²) in [6.07, 6.45) is 41.7. The normalized spacial score (nSPS) is 12.5. The third-order valence-corrected chi connectivity index (χ3v) is 15.7. The molecule has 0 fully saturated rings. The molecule has 0 radical (unpaired) electrons. The number of benzene rings is 7. The van der Waals surface area contributed by atoms with Crippen molar-refractivity contribution in [3.63, 3.8) is 0 Å². The second-order valence-electron chi connectivity index (χ2n) is 18.0. The zero-order valence-electron chi connectivity index (χ0n) is 47.1. The fraction of sp³-hybridized carbons (Fsp3) is 0.151. The van der Waals surface area contributed by atoms with Gasteiger partial charge in [0.15, 0.2) is 0 Å². The van der Waals surface area contributed by atoms with E-state index in [-0.39, 0.29) is 0 Å². The van der Waals surface area contributed by atoms with Gasteiger partial charge in [0.1, 0.15) is 0 Å². The molecule has 10 rings (SSSR count). The second kappa shape index (κ2) is 29.2. The molecule has 6 heteroatoms. The number of aryl methyl sites for hydroxylation is 1. The Morgan fingerprint density at radius 1 is 0.684 bits per heavy atom. The fourth-order valence-corrected chi connectivity index (χ4v) is 12.2. The van der Waals surface area contributed by atoms with Gasteiger partial charge in [-0.15, -0.1) is 35.5 Å². The zero-order chi connectivity index (χ0) is 56.1. The van der Waals surface area contributed by atoms with Crippen LogP contribution in [-0.2, 0) is 0 Å². The first-order valence-corrected chi connectivity index (χ1v) is 29.2. The van der Waals surface area contributed by atoms with Crippen LogP contribution in [0.2, 0.25) is 0 Å². The van der Waals surface area contributed by atoms with E-state index < -0.39 is 0 Å². The smallest absolute Gasteiger partial charge is 0.0839 e. The van der Waals surface area contributed by atoms with Gasteiger partial charge in [0, 0.05) is 65.1 Å². The van der Waals surface area contributed by atoms with E-state index in [9.17, 15) is 0 Å². The Hall–Kier alpha value is -8.60. The lowest BCUT2D eigenvalue weighted by molar-refractivity contribution is 1.00. The van der Waals surface area contributed by atoms with Crippen molar-refractivity contribution < 1.29 is 0 Å². The molecule has 0 aliphatic carbocycles. The molecule has 2 N–H and O–H groups in total. The molecule has 9 aromatic rings. The minimum Gasteiger partial charge on any atom is -0.362 e. The van der Waals surface area contributed by atoms with Crippen LogP contribution in [0.1, 0.15) is 77.3 Å². The molecule has 0 saturated heterocycles. The van der Waals surface area contributed by atoms with E-state index in [1.165, 1.54) is 73.9 Å². The molecule has 0 saturated carbocycles. The van der Waals surface area contributed by atoms with Crippen molar-refractivity contribution in [1.29, 1.82) is 0 Å². The van der Waals surface area contributed by atoms with Crippen molar-refractivity contribution in [2.75, 3.05) is 27.2 Å². The molecule has 1 aliphatic rings. The molecular weight excluding hydrogens is 997 g/mol. The summed E-state index contributed by atoms with van der Waals surface area (Å²) in [7, 11) is 0. The van der Waals surface area contributed by atoms with Gasteiger partial charge in [-0.25, -0.2) is 0 Å². The number of allylic oxidation sites excluding steroid dienone is 14. The van der Waals surface area contributed by atoms with Crippen molar-refractivity contribution in [1.82, 2.24) is 0 Å². The molecule has 0 unspecified atom stereocenters. The van der Waals surface area contributed by atoms with Crippen LogP contribution in [0, 0.1) is 19.8 Å². The number of hydrogen-bond acceptors (Lipinski definition) is 6. The largest absolute Gasteiger partial charge is 0.362 e. The van der Waals surface area contributed by atoms with E-state index >= 15 is 0 Å². The summed E-state index contributed by atoms with van der Waals surface area (Å²) in [5.41, 5.74) is 17.7. The number of fused-ring (bicyclic) bond motifs is 11. The summed E-state index contributed by atoms with van der Waals surface area (Å²) in [5, 5.41) is 12.2. The maximum absolute atomic E-state index is 4.00. The Morgan fingerprint density at radius 2 is 1.37 bits per heavy atom. The highest BCUT2D eigenvalue weighted by atomic mass is 32.1. The first kappa shape index (κ1) is 58.1. The van der Waals surface area contributed by atoms with Gasteiger partial charge in [0.2, 0.25) is 0 Å². The summed E-state index contributed by atoms with van der Waals surface area (Å²) < 4.78 is 3.84. The lowest BCUT2D eigenvalue weighted by atomic mass is 9.90. The van der Waals surface area contributed by atoms with Crippen LogP contribution in [0.5, 0.6) is 0 Å². The average Bonchev–Trinajstić information content (AvgIpc) is 4.06. The highest BCUT2D eigenvalue weighted by Gasteiger charge is 2.30. The van der Waals surface area contributed by atoms with Crippen LogP contribution in [-0.4, -0.2) is 6.54 Å². The van der Waals surface area contributed by atoms with Gasteiger partial charge in [-0.1, -0.05) is 193 Å². The highest BCUT2D eigenvalue weighted by molar-refractivity contribution is 7.26. The molecule has 0 bridgehead atoms. The summed E-state index contributed by atoms with van der Waals surface area (Å²) in [5.74, 6) is 0. The molecule has 0 atom stereocenters. The van der Waals surface area contributed by atoms with Gasteiger partial charge >= 0.3 is 0 Å². The van der Waals surface area contributed by atoms with Gasteiger partial charge in [-0.3, -0.25) is 10.4 Å². The summed E-state index contributed by atoms with van der Waals surface area (Å²) in [6, 6.07) is 51.1. The predicted octanol–water partition coefficient (Wildman–Crippen LogP) is 22.5. The Morgan fingerprint density at radius 3 is 2.10 bits per heavy atom. The Bertz CT molecular complexity index is 3770. The average molecular weight is 1070 g/mol. The second-order valence-corrected chi connectivity index (χ2v) is 20.1. The molecule has 1 aliphatic heterocycles. The van der Waals surface area contributed by atoms with Crippen LogP contribution in [0.4, 0.5) is 34.1 Å². The van der Waals surface area contributed by atoms with Crippen molar-refractivity contribution in [3.05, 3.63) is 253 Å². The van der Waals surface area contributed by atoms with Crippen molar-refractivity contribution in [2.45, 2.75) is 68.2 Å². The third-order valence-electron chi connectivity index (χ3n) is 13.3. The molecule has 2 aromatic heterocycles. The molecular formula is C73H74N4S2. The Kier molecular flexibility index (Phi) is 21.5. The van der Waals surface area contributed by atoms with E-state index in [0.717, 1.165) is 52.4 Å². The molecule has 79 heavy (non-hydrogen) atoms. The van der Waals surface area contributed by atoms with Crippen molar-refractivity contribution in [2.24, 2.45) is 0 Å². The van der Waals surface area contributed by atoms with Crippen LogP contribution >= 0.6 is 22.7 Å². The third kappa shape index (κ3) is 13.2. The number of hydrazine groups is 1. The SMILES string of the molecule is C#C.C=C/C=C\C(=C/C)C\C=C/C(=C\C=C\Nc1ccccc1)c1ccc(N(c2ccc3c(c2)-c2c(c4sc5ccccc5c4c4ccccc24)N(C/C=C\C=C/CC)N3)c2ccc3c(C)c(/C=C\C)sc3c2)cc1.CC.CC. The number of rotatable bonds is 17. The number of terminal acetylenes is 1. The van der Waals surface area contributed by atoms with Gasteiger partial charge in [-0.05, 0) is 145 Å². The number of anilines is 6. The summed E-state index contributed by atoms with van der Waals surface area (Å²) >= 11 is 3.74. The van der Waals surface area contributed by atoms with Crippen LogP contribution in [0.15, 0.2) is 237 Å². The lowest BCUT2D eigenvalue weighted by Crippen LogP contribution is -2.33. The molecule has 4 nitrogen and oxygen atoms in total. The molecule has 0 spiro atoms. The van der Waals surface area contributed by atoms with Gasteiger partial charge in [0.05, 0.1) is 22.6 Å². The van der Waals surface area contributed by atoms with E-state index in [1.54, 1.807) is 0 Å². The number of nitrogens with zero attached hydrogens (tertiary/aromatic N) is 2. The summed E-state index contributed by atoms with van der Waals surface area (Å²) in [6.45, 7) is 21.2. The number of para-hydroxylation sites is 1. The minimum atomic E-state index is 0.700. The zero-order valence-corrected chi connectivity index (χ0v) is 48.8. The van der Waals surface area contributed by atoms with E-state index in [0.29, 0.717) is 6.54 Å². The van der Waals surface area contributed by atoms with Crippen molar-refractivity contribution in [3.8, 4) is 24.0 Å². The standard InChI is InChI=1S/C67H60N4S2.2C2H6.C2H2/c1-6-10-12-13-21-44-70-66-64(56-31-17-18-32-57(56)65-58-33-19-20-34-62(58)73-67(65)66)59-45-53(40-42-60(59)69-70)71(54-39-41-55-47(5)61(24-8-3)72-63(55)46-54)52-37-35-50(36-38-52)49(27-22-26-48(9-4)25-11-7-2)28-23-43-68-51-29-15-14-16-30-51;3*1-2/h7-25,27-43,45-46,68-69H,2,6,26,44H2,1,3-5H3;2*1-2H3;1-2H/b12-10-,21-13-,24-8-,25-11-,27-22-,43-23+,48-9+,49-28+;;;. The number of nitrogens with one attached hydrogen (secondary N) is 2. The molecule has 3 heterocycles. The molecule has 0 amide bonds. The highest BCUT2D eigenvalue weighted by Crippen LogP contribution is 2.54. The predicted molar refractivity (Wildman–Crippen MR) is 358 cm³/mol. The van der Waals surface area contributed by atoms with Gasteiger partial charge in [-0.2, -0.15) is 0 Å². The Labute approximate surface area is 478 Å². The lowest BCUT2D eigenvalue weighted by Gasteiger charge is -2.36. The fourth-order valence-electron chi connectivity index (χ4n) is 9.75. The van der Waals surface area contributed by atoms with Crippen LogP contribution in [0.3, 0.4) is 0 Å². The van der Waals surface area contributed by atoms with E-state index in [2.05, 4.69) is 262 Å². The monoisotopic (exact) mass is 1070 g/mol. The van der Waals surface area contributed by atoms with Gasteiger partial charge in [0.25, 0.3) is 0 Å². The number of thiophene rings is 2. The first-order chi connectivity index (χ1) is 39.0. The molecule has 7 aromatic carbocycles. The topological polar surface area (TPSA) is 30.5 Å². The maximum atomic E-state index is 4.00. The molecule has 398 valence electrons. The first-order valence-electron chi connectivity index (χ1n) is 27.5. The summed E-state index contributed by atoms with van der Waals surface area (Å²) in [4.78, 5) is 3.72. The maximum Gasteiger partial charge on any atom is 0.0839 e. The Balaban J connectivity index is 0.00000146. The van der Waals surface area contributed by atoms with E-state index in [1.807, 2.05) is 86.9 Å². The van der Waals surface area contributed by atoms with Crippen molar-refractivity contribution >= 4 is 109 Å². The van der Waals surface area contributed by atoms with Crippen LogP contribution in [0.25, 0.3) is 63.8 Å².